The molecule has 1 aromatic heterocycles. The molecule has 0 aliphatic carbocycles. The maximum Gasteiger partial charge on any atom is 0.208 e. The fourth-order valence-corrected chi connectivity index (χ4v) is 3.40. The third-order valence-corrected chi connectivity index (χ3v) is 4.56. The van der Waals surface area contributed by atoms with Crippen LogP contribution >= 0.6 is 0 Å². The van der Waals surface area contributed by atoms with Gasteiger partial charge < -0.3 is 25.2 Å². The molecule has 0 aromatic carbocycles. The van der Waals surface area contributed by atoms with Gasteiger partial charge in [-0.25, -0.2) is 0 Å². The highest BCUT2D eigenvalue weighted by Crippen LogP contribution is 2.36. The quantitative estimate of drug-likeness (QED) is 0.566. The molecule has 0 amide bonds. The van der Waals surface area contributed by atoms with Crippen molar-refractivity contribution in [1.29, 1.82) is 0 Å². The van der Waals surface area contributed by atoms with Crippen molar-refractivity contribution in [2.75, 3.05) is 19.7 Å². The molecule has 0 spiro atoms. The number of rotatable bonds is 4. The zero-order chi connectivity index (χ0) is 15.7. The molecule has 22 heavy (non-hydrogen) atoms. The van der Waals surface area contributed by atoms with Crippen LogP contribution in [0.4, 0.5) is 0 Å². The van der Waals surface area contributed by atoms with Crippen LogP contribution < -0.4 is 0 Å². The molecule has 3 rings (SSSR count). The fraction of sp³-hybridized carbons (Fsp3) is 0.667. The van der Waals surface area contributed by atoms with Gasteiger partial charge in [-0.2, -0.15) is 0 Å². The summed E-state index contributed by atoms with van der Waals surface area (Å²) in [6.45, 7) is 0.381. The van der Waals surface area contributed by atoms with Gasteiger partial charge in [-0.05, 0) is 31.0 Å². The molecule has 0 bridgehead atoms. The average Bonchev–Trinajstić information content (AvgIpc) is 3.07. The minimum absolute atomic E-state index is 0.0707. The molecule has 2 aliphatic rings. The highest BCUT2D eigenvalue weighted by atomic mass is 16.7. The van der Waals surface area contributed by atoms with Crippen LogP contribution in [0.2, 0.25) is 0 Å². The lowest BCUT2D eigenvalue weighted by Gasteiger charge is -2.34. The molecule has 3 heterocycles. The van der Waals surface area contributed by atoms with E-state index in [0.29, 0.717) is 0 Å². The summed E-state index contributed by atoms with van der Waals surface area (Å²) >= 11 is 0. The number of aromatic nitrogens is 1. The third kappa shape index (κ3) is 2.76. The van der Waals surface area contributed by atoms with Crippen molar-refractivity contribution >= 4 is 0 Å². The summed E-state index contributed by atoms with van der Waals surface area (Å²) in [4.78, 5) is 6.14. The minimum atomic E-state index is -1.88. The van der Waals surface area contributed by atoms with Crippen molar-refractivity contribution in [3.8, 4) is 0 Å². The first-order valence-electron chi connectivity index (χ1n) is 7.56. The van der Waals surface area contributed by atoms with Crippen LogP contribution in [-0.2, 0) is 4.74 Å². The first-order chi connectivity index (χ1) is 10.5. The second-order valence-corrected chi connectivity index (χ2v) is 6.03. The van der Waals surface area contributed by atoms with Gasteiger partial charge in [0.1, 0.15) is 18.3 Å². The monoisotopic (exact) mass is 310 g/mol. The lowest BCUT2D eigenvalue weighted by atomic mass is 10.0. The van der Waals surface area contributed by atoms with Gasteiger partial charge in [0, 0.05) is 18.4 Å². The molecule has 7 heteroatoms. The van der Waals surface area contributed by atoms with Gasteiger partial charge in [0.25, 0.3) is 0 Å². The first kappa shape index (κ1) is 15.8. The Balaban J connectivity index is 1.74. The van der Waals surface area contributed by atoms with Gasteiger partial charge in [0.2, 0.25) is 5.79 Å². The highest BCUT2D eigenvalue weighted by molar-refractivity contribution is 5.16. The van der Waals surface area contributed by atoms with E-state index in [1.54, 1.807) is 12.4 Å². The van der Waals surface area contributed by atoms with Crippen LogP contribution in [0.3, 0.4) is 0 Å². The summed E-state index contributed by atoms with van der Waals surface area (Å²) in [5.41, 5.74) is 1.05. The molecule has 5 atom stereocenters. The van der Waals surface area contributed by atoms with Crippen molar-refractivity contribution in [3.63, 3.8) is 0 Å². The Morgan fingerprint density at radius 2 is 2.23 bits per heavy atom. The van der Waals surface area contributed by atoms with Gasteiger partial charge in [-0.3, -0.25) is 9.88 Å². The summed E-state index contributed by atoms with van der Waals surface area (Å²) < 4.78 is 5.32. The van der Waals surface area contributed by atoms with Crippen LogP contribution in [0, 0.1) is 0 Å². The summed E-state index contributed by atoms with van der Waals surface area (Å²) in [6, 6.07) is 3.95. The van der Waals surface area contributed by atoms with E-state index in [9.17, 15) is 15.3 Å². The van der Waals surface area contributed by atoms with Crippen molar-refractivity contribution in [2.24, 2.45) is 0 Å². The van der Waals surface area contributed by atoms with Crippen molar-refractivity contribution in [2.45, 2.75) is 43.0 Å². The predicted molar refractivity (Wildman–Crippen MR) is 76.7 cm³/mol. The van der Waals surface area contributed by atoms with E-state index < -0.39 is 30.7 Å². The zero-order valence-corrected chi connectivity index (χ0v) is 12.2. The van der Waals surface area contributed by atoms with E-state index in [1.807, 2.05) is 17.0 Å². The molecule has 2 aliphatic heterocycles. The number of aliphatic hydroxyl groups is 4. The molecule has 122 valence electrons. The molecule has 7 nitrogen and oxygen atoms in total. The number of nitrogens with zero attached hydrogens (tertiary/aromatic N) is 2. The number of likely N-dealkylation sites (tertiary alicyclic amines) is 1. The number of β-amino-alcohol motifs (C(OH)–C–C–N with tert-alkyl or cyclic N) is 1. The largest absolute Gasteiger partial charge is 0.394 e. The Labute approximate surface area is 128 Å². The number of hydrogen-bond acceptors (Lipinski definition) is 7. The number of hydrogen-bond donors (Lipinski definition) is 4. The summed E-state index contributed by atoms with van der Waals surface area (Å²) in [5.74, 6) is -1.88. The molecule has 0 radical (unpaired) electrons. The Morgan fingerprint density at radius 3 is 2.86 bits per heavy atom. The standard InChI is InChI=1S/C15H22N2O5/c18-8-12-13(19)14(20)15(21,22-12)9-17-6-2-4-11(17)10-3-1-5-16-7-10/h1,3,5,7,11-14,18-21H,2,4,6,8-9H2. The number of ether oxygens (including phenoxy) is 1. The molecule has 0 saturated carbocycles. The molecule has 2 fully saturated rings. The van der Waals surface area contributed by atoms with E-state index >= 15 is 0 Å². The van der Waals surface area contributed by atoms with Crippen LogP contribution in [0.5, 0.6) is 0 Å². The Hall–Kier alpha value is -1.09. The highest BCUT2D eigenvalue weighted by Gasteiger charge is 2.54. The summed E-state index contributed by atoms with van der Waals surface area (Å²) in [5, 5.41) is 39.6. The zero-order valence-electron chi connectivity index (χ0n) is 12.2. The SMILES string of the molecule is OCC1OC(O)(CN2CCCC2c2cccnc2)C(O)C1O. The lowest BCUT2D eigenvalue weighted by molar-refractivity contribution is -0.239. The fourth-order valence-electron chi connectivity index (χ4n) is 3.40. The van der Waals surface area contributed by atoms with Crippen molar-refractivity contribution < 1.29 is 25.2 Å². The molecule has 4 N–H and O–H groups in total. The Bertz CT molecular complexity index is 502. The second-order valence-electron chi connectivity index (χ2n) is 6.03. The summed E-state index contributed by atoms with van der Waals surface area (Å²) in [6.07, 6.45) is 1.70. The maximum atomic E-state index is 10.6. The normalized spacial score (nSPS) is 39.5. The van der Waals surface area contributed by atoms with Gasteiger partial charge >= 0.3 is 0 Å². The molecule has 1 aromatic rings. The van der Waals surface area contributed by atoms with Crippen molar-refractivity contribution in [3.05, 3.63) is 30.1 Å². The van der Waals surface area contributed by atoms with Crippen LogP contribution in [0.25, 0.3) is 0 Å². The van der Waals surface area contributed by atoms with E-state index in [4.69, 9.17) is 9.84 Å². The van der Waals surface area contributed by atoms with Gasteiger partial charge in [-0.15, -0.1) is 0 Å². The third-order valence-electron chi connectivity index (χ3n) is 4.56. The van der Waals surface area contributed by atoms with Gasteiger partial charge in [0.05, 0.1) is 13.2 Å². The van der Waals surface area contributed by atoms with E-state index in [1.165, 1.54) is 0 Å². The van der Waals surface area contributed by atoms with Gasteiger partial charge in [-0.1, -0.05) is 6.07 Å². The topological polar surface area (TPSA) is 106 Å². The van der Waals surface area contributed by atoms with Gasteiger partial charge in [0.15, 0.2) is 0 Å². The average molecular weight is 310 g/mol. The molecule has 5 unspecified atom stereocenters. The smallest absolute Gasteiger partial charge is 0.208 e. The number of aliphatic hydroxyl groups excluding tert-OH is 3. The molecular formula is C15H22N2O5. The first-order valence-corrected chi connectivity index (χ1v) is 7.56. The van der Waals surface area contributed by atoms with Crippen LogP contribution in [0.1, 0.15) is 24.4 Å². The van der Waals surface area contributed by atoms with E-state index in [0.717, 1.165) is 24.9 Å². The van der Waals surface area contributed by atoms with Crippen LogP contribution in [-0.4, -0.2) is 74.1 Å². The Kier molecular flexibility index (Phi) is 4.44. The van der Waals surface area contributed by atoms with E-state index in [2.05, 4.69) is 4.98 Å². The molecule has 2 saturated heterocycles. The Morgan fingerprint density at radius 1 is 1.41 bits per heavy atom. The van der Waals surface area contributed by atoms with Crippen LogP contribution in [0.15, 0.2) is 24.5 Å². The predicted octanol–water partition coefficient (Wildman–Crippen LogP) is -0.980. The summed E-state index contributed by atoms with van der Waals surface area (Å²) in [7, 11) is 0. The maximum absolute atomic E-state index is 10.6. The minimum Gasteiger partial charge on any atom is -0.394 e. The number of pyridine rings is 1. The van der Waals surface area contributed by atoms with E-state index in [-0.39, 0.29) is 12.6 Å². The second kappa shape index (κ2) is 6.19. The van der Waals surface area contributed by atoms with Crippen molar-refractivity contribution in [1.82, 2.24) is 9.88 Å². The molecular weight excluding hydrogens is 288 g/mol. The lowest BCUT2D eigenvalue weighted by Crippen LogP contribution is -2.51.